The van der Waals surface area contributed by atoms with Crippen LogP contribution in [-0.4, -0.2) is 44.1 Å². The number of ether oxygens (including phenoxy) is 1. The van der Waals surface area contributed by atoms with Crippen molar-refractivity contribution in [1.29, 1.82) is 0 Å². The van der Waals surface area contributed by atoms with E-state index in [9.17, 15) is 17.6 Å². The van der Waals surface area contributed by atoms with Crippen molar-refractivity contribution in [2.75, 3.05) is 19.8 Å². The van der Waals surface area contributed by atoms with Crippen molar-refractivity contribution in [3.8, 4) is 11.4 Å². The van der Waals surface area contributed by atoms with E-state index in [1.54, 1.807) is 24.3 Å². The average Bonchev–Trinajstić information content (AvgIpc) is 2.87. The minimum atomic E-state index is -3.66. The maximum Gasteiger partial charge on any atom is 0.254 e. The number of carbonyl (C=O) groups excluding carboxylic acids is 1. The Balaban J connectivity index is 1.35. The smallest absolute Gasteiger partial charge is 0.254 e. The SMILES string of the molecule is O=C(NCc1cccc(S(=O)(=O)NCC2CCOCC2)c1)c1cnc(-c2cccc(F)c2)nc1. The summed E-state index contributed by atoms with van der Waals surface area (Å²) in [5.41, 5.74) is 1.39. The van der Waals surface area contributed by atoms with Gasteiger partial charge >= 0.3 is 0 Å². The van der Waals surface area contributed by atoms with Gasteiger partial charge in [-0.25, -0.2) is 27.5 Å². The summed E-state index contributed by atoms with van der Waals surface area (Å²) >= 11 is 0. The second-order valence-electron chi connectivity index (χ2n) is 8.04. The van der Waals surface area contributed by atoms with Gasteiger partial charge in [0.05, 0.1) is 10.5 Å². The number of benzene rings is 2. The highest BCUT2D eigenvalue weighted by Gasteiger charge is 2.19. The lowest BCUT2D eigenvalue weighted by molar-refractivity contribution is 0.0678. The molecule has 1 aliphatic rings. The first-order valence-electron chi connectivity index (χ1n) is 10.9. The summed E-state index contributed by atoms with van der Waals surface area (Å²) in [6, 6.07) is 12.3. The van der Waals surface area contributed by atoms with Gasteiger partial charge in [0, 0.05) is 44.3 Å². The predicted octanol–water partition coefficient (Wildman–Crippen LogP) is 2.92. The van der Waals surface area contributed by atoms with Crippen LogP contribution in [-0.2, 0) is 21.3 Å². The van der Waals surface area contributed by atoms with E-state index >= 15 is 0 Å². The van der Waals surface area contributed by atoms with Crippen molar-refractivity contribution < 1.29 is 22.3 Å². The number of amides is 1. The molecule has 34 heavy (non-hydrogen) atoms. The molecule has 2 N–H and O–H groups in total. The van der Waals surface area contributed by atoms with Crippen LogP contribution in [0.5, 0.6) is 0 Å². The molecule has 0 unspecified atom stereocenters. The summed E-state index contributed by atoms with van der Waals surface area (Å²) in [6.45, 7) is 1.81. The fourth-order valence-electron chi connectivity index (χ4n) is 3.59. The summed E-state index contributed by atoms with van der Waals surface area (Å²) in [6.07, 6.45) is 4.40. The lowest BCUT2D eigenvalue weighted by atomic mass is 10.0. The third-order valence-corrected chi connectivity index (χ3v) is 6.98. The molecule has 4 rings (SSSR count). The maximum absolute atomic E-state index is 13.4. The second kappa shape index (κ2) is 10.8. The Morgan fingerprint density at radius 3 is 2.53 bits per heavy atom. The normalized spacial score (nSPS) is 14.6. The molecule has 1 aromatic heterocycles. The molecule has 0 spiro atoms. The van der Waals surface area contributed by atoms with Crippen molar-refractivity contribution in [3.63, 3.8) is 0 Å². The standard InChI is InChI=1S/C24H25FN4O4S/c25-21-5-2-4-19(12-21)23-26-15-20(16-27-23)24(30)28-13-18-3-1-6-22(11-18)34(31,32)29-14-17-7-9-33-10-8-17/h1-6,11-12,15-17,29H,7-10,13-14H2,(H,28,30). The first-order chi connectivity index (χ1) is 16.4. The molecule has 1 amide bonds. The Kier molecular flexibility index (Phi) is 7.61. The molecule has 178 valence electrons. The largest absolute Gasteiger partial charge is 0.381 e. The predicted molar refractivity (Wildman–Crippen MR) is 124 cm³/mol. The van der Waals surface area contributed by atoms with Crippen molar-refractivity contribution in [2.24, 2.45) is 5.92 Å². The third kappa shape index (κ3) is 6.22. The molecular weight excluding hydrogens is 459 g/mol. The number of nitrogens with zero attached hydrogens (tertiary/aromatic N) is 2. The van der Waals surface area contributed by atoms with E-state index in [1.165, 1.54) is 36.7 Å². The van der Waals surface area contributed by atoms with E-state index in [0.717, 1.165) is 12.8 Å². The van der Waals surface area contributed by atoms with Crippen molar-refractivity contribution >= 4 is 15.9 Å². The second-order valence-corrected chi connectivity index (χ2v) is 9.81. The van der Waals surface area contributed by atoms with Gasteiger partial charge in [0.15, 0.2) is 5.82 Å². The molecule has 1 aliphatic heterocycles. The Hall–Kier alpha value is -3.21. The zero-order valence-corrected chi connectivity index (χ0v) is 19.2. The van der Waals surface area contributed by atoms with E-state index in [1.807, 2.05) is 0 Å². The van der Waals surface area contributed by atoms with Crippen LogP contribution >= 0.6 is 0 Å². The van der Waals surface area contributed by atoms with Gasteiger partial charge in [-0.2, -0.15) is 0 Å². The van der Waals surface area contributed by atoms with E-state index in [-0.39, 0.29) is 22.9 Å². The number of aromatic nitrogens is 2. The molecule has 10 heteroatoms. The zero-order valence-electron chi connectivity index (χ0n) is 18.4. The highest BCUT2D eigenvalue weighted by molar-refractivity contribution is 7.89. The van der Waals surface area contributed by atoms with Crippen LogP contribution < -0.4 is 10.0 Å². The van der Waals surface area contributed by atoms with E-state index in [4.69, 9.17) is 4.74 Å². The molecule has 0 bridgehead atoms. The number of carbonyl (C=O) groups is 1. The molecule has 1 fully saturated rings. The van der Waals surface area contributed by atoms with Crippen LogP contribution in [0.3, 0.4) is 0 Å². The van der Waals surface area contributed by atoms with E-state index < -0.39 is 21.7 Å². The summed E-state index contributed by atoms with van der Waals surface area (Å²) < 4.78 is 46.7. The maximum atomic E-state index is 13.4. The number of sulfonamides is 1. The summed E-state index contributed by atoms with van der Waals surface area (Å²) in [5, 5.41) is 2.74. The van der Waals surface area contributed by atoms with Crippen LogP contribution in [0, 0.1) is 11.7 Å². The van der Waals surface area contributed by atoms with Gasteiger partial charge in [-0.3, -0.25) is 4.79 Å². The van der Waals surface area contributed by atoms with Crippen LogP contribution in [0.25, 0.3) is 11.4 Å². The van der Waals surface area contributed by atoms with Gasteiger partial charge < -0.3 is 10.1 Å². The average molecular weight is 485 g/mol. The topological polar surface area (TPSA) is 110 Å². The Labute approximate surface area is 197 Å². The van der Waals surface area contributed by atoms with Gasteiger partial charge in [0.1, 0.15) is 5.82 Å². The van der Waals surface area contributed by atoms with Crippen LogP contribution in [0.15, 0.2) is 65.8 Å². The molecule has 0 radical (unpaired) electrons. The quantitative estimate of drug-likeness (QED) is 0.509. The van der Waals surface area contributed by atoms with Gasteiger partial charge in [-0.15, -0.1) is 0 Å². The molecule has 8 nitrogen and oxygen atoms in total. The van der Waals surface area contributed by atoms with Crippen molar-refractivity contribution in [2.45, 2.75) is 24.3 Å². The summed E-state index contributed by atoms with van der Waals surface area (Å²) in [7, 11) is -3.66. The van der Waals surface area contributed by atoms with Gasteiger partial charge in [0.25, 0.3) is 5.91 Å². The fourth-order valence-corrected chi connectivity index (χ4v) is 4.78. The van der Waals surface area contributed by atoms with Gasteiger partial charge in [0.2, 0.25) is 10.0 Å². The molecular formula is C24H25FN4O4S. The van der Waals surface area contributed by atoms with Gasteiger partial charge in [-0.05, 0) is 48.6 Å². The van der Waals surface area contributed by atoms with Crippen LogP contribution in [0.4, 0.5) is 4.39 Å². The molecule has 0 saturated carbocycles. The van der Waals surface area contributed by atoms with E-state index in [2.05, 4.69) is 20.0 Å². The van der Waals surface area contributed by atoms with Gasteiger partial charge in [-0.1, -0.05) is 24.3 Å². The van der Waals surface area contributed by atoms with Crippen LogP contribution in [0.2, 0.25) is 0 Å². The van der Waals surface area contributed by atoms with Crippen molar-refractivity contribution in [1.82, 2.24) is 20.0 Å². The highest BCUT2D eigenvalue weighted by atomic mass is 32.2. The highest BCUT2D eigenvalue weighted by Crippen LogP contribution is 2.17. The number of hydrogen-bond acceptors (Lipinski definition) is 6. The molecule has 1 saturated heterocycles. The monoisotopic (exact) mass is 484 g/mol. The number of halogens is 1. The number of hydrogen-bond donors (Lipinski definition) is 2. The Bertz CT molecular complexity index is 1250. The zero-order chi connectivity index (χ0) is 24.0. The fraction of sp³-hybridized carbons (Fsp3) is 0.292. The third-order valence-electron chi connectivity index (χ3n) is 5.56. The summed E-state index contributed by atoms with van der Waals surface area (Å²) in [5.74, 6) is -0.231. The number of rotatable bonds is 8. The molecule has 0 aliphatic carbocycles. The Morgan fingerprint density at radius 2 is 1.79 bits per heavy atom. The lowest BCUT2D eigenvalue weighted by Gasteiger charge is -2.22. The minimum Gasteiger partial charge on any atom is -0.381 e. The Morgan fingerprint density at radius 1 is 1.06 bits per heavy atom. The van der Waals surface area contributed by atoms with Crippen LogP contribution in [0.1, 0.15) is 28.8 Å². The summed E-state index contributed by atoms with van der Waals surface area (Å²) in [4.78, 5) is 20.9. The number of nitrogens with one attached hydrogen (secondary N) is 2. The van der Waals surface area contributed by atoms with E-state index in [0.29, 0.717) is 36.7 Å². The first kappa shape index (κ1) is 23.9. The lowest BCUT2D eigenvalue weighted by Crippen LogP contribution is -2.32. The molecule has 2 heterocycles. The molecule has 3 aromatic rings. The molecule has 0 atom stereocenters. The first-order valence-corrected chi connectivity index (χ1v) is 12.4. The minimum absolute atomic E-state index is 0.133. The molecule has 2 aromatic carbocycles. The van der Waals surface area contributed by atoms with Crippen molar-refractivity contribution in [3.05, 3.63) is 77.9 Å².